The van der Waals surface area contributed by atoms with Crippen LogP contribution in [0.4, 0.5) is 5.13 Å². The third kappa shape index (κ3) is 2.80. The van der Waals surface area contributed by atoms with Crippen molar-refractivity contribution in [2.75, 3.05) is 18.4 Å². The van der Waals surface area contributed by atoms with Gasteiger partial charge in [0.2, 0.25) is 5.91 Å². The van der Waals surface area contributed by atoms with E-state index in [-0.39, 0.29) is 11.9 Å². The maximum absolute atomic E-state index is 11.9. The highest BCUT2D eigenvalue weighted by atomic mass is 32.1. The summed E-state index contributed by atoms with van der Waals surface area (Å²) in [6, 6.07) is -0.0517. The number of thiazole rings is 1. The summed E-state index contributed by atoms with van der Waals surface area (Å²) in [6.45, 7) is 4.03. The van der Waals surface area contributed by atoms with Gasteiger partial charge in [-0.3, -0.25) is 9.69 Å². The highest BCUT2D eigenvalue weighted by Gasteiger charge is 2.23. The van der Waals surface area contributed by atoms with E-state index in [2.05, 4.69) is 15.2 Å². The number of hydrogen-bond donors (Lipinski definition) is 1. The highest BCUT2D eigenvalue weighted by Crippen LogP contribution is 2.15. The average Bonchev–Trinajstić information content (AvgIpc) is 2.82. The summed E-state index contributed by atoms with van der Waals surface area (Å²) in [5.41, 5.74) is 0. The Morgan fingerprint density at radius 1 is 1.50 bits per heavy atom. The zero-order valence-corrected chi connectivity index (χ0v) is 10.3. The van der Waals surface area contributed by atoms with Gasteiger partial charge in [0.05, 0.1) is 6.04 Å². The maximum Gasteiger partial charge on any atom is 0.243 e. The van der Waals surface area contributed by atoms with Gasteiger partial charge in [0, 0.05) is 11.6 Å². The second-order valence-corrected chi connectivity index (χ2v) is 4.99. The Labute approximate surface area is 99.7 Å². The molecule has 1 fully saturated rings. The first-order chi connectivity index (χ1) is 7.77. The number of aromatic nitrogens is 1. The largest absolute Gasteiger partial charge is 0.301 e. The van der Waals surface area contributed by atoms with Gasteiger partial charge in [0.1, 0.15) is 0 Å². The van der Waals surface area contributed by atoms with Gasteiger partial charge in [-0.05, 0) is 32.9 Å². The molecule has 0 aromatic carbocycles. The minimum absolute atomic E-state index is 0.0517. The van der Waals surface area contributed by atoms with Crippen molar-refractivity contribution < 1.29 is 4.79 Å². The van der Waals surface area contributed by atoms with E-state index in [0.717, 1.165) is 13.1 Å². The Morgan fingerprint density at radius 3 is 2.88 bits per heavy atom. The second kappa shape index (κ2) is 5.41. The van der Waals surface area contributed by atoms with Crippen LogP contribution in [0.25, 0.3) is 0 Å². The van der Waals surface area contributed by atoms with Crippen molar-refractivity contribution in [3.05, 3.63) is 11.6 Å². The molecule has 0 radical (unpaired) electrons. The normalized spacial score (nSPS) is 19.3. The maximum atomic E-state index is 11.9. The molecule has 0 bridgehead atoms. The number of amides is 1. The molecule has 1 aromatic rings. The van der Waals surface area contributed by atoms with E-state index in [1.54, 1.807) is 6.20 Å². The third-order valence-corrected chi connectivity index (χ3v) is 3.67. The molecule has 5 heteroatoms. The molecule has 1 saturated heterocycles. The van der Waals surface area contributed by atoms with Crippen LogP contribution in [0.15, 0.2) is 11.6 Å². The summed E-state index contributed by atoms with van der Waals surface area (Å²) in [5, 5.41) is 5.40. The van der Waals surface area contributed by atoms with Crippen molar-refractivity contribution >= 4 is 22.4 Å². The molecule has 16 heavy (non-hydrogen) atoms. The van der Waals surface area contributed by atoms with Gasteiger partial charge in [0.25, 0.3) is 0 Å². The Balaban J connectivity index is 1.88. The lowest BCUT2D eigenvalue weighted by Crippen LogP contribution is -2.44. The standard InChI is InChI=1S/C11H17N3OS/c1-9(14-6-3-2-4-7-14)10(15)13-11-12-5-8-16-11/h5,8-9H,2-4,6-7H2,1H3,(H,12,13,15)/t9-/m0/s1. The van der Waals surface area contributed by atoms with Crippen molar-refractivity contribution in [2.45, 2.75) is 32.2 Å². The number of anilines is 1. The number of nitrogens with zero attached hydrogens (tertiary/aromatic N) is 2. The summed E-state index contributed by atoms with van der Waals surface area (Å²) in [7, 11) is 0. The number of hydrogen-bond acceptors (Lipinski definition) is 4. The summed E-state index contributed by atoms with van der Waals surface area (Å²) < 4.78 is 0. The minimum Gasteiger partial charge on any atom is -0.301 e. The monoisotopic (exact) mass is 239 g/mol. The summed E-state index contributed by atoms with van der Waals surface area (Å²) in [6.07, 6.45) is 5.40. The molecule has 1 atom stereocenters. The van der Waals surface area contributed by atoms with E-state index >= 15 is 0 Å². The molecule has 0 aliphatic carbocycles. The number of carbonyl (C=O) groups is 1. The van der Waals surface area contributed by atoms with Crippen LogP contribution >= 0.6 is 11.3 Å². The quantitative estimate of drug-likeness (QED) is 0.877. The van der Waals surface area contributed by atoms with Crippen LogP contribution in [-0.2, 0) is 4.79 Å². The first-order valence-electron chi connectivity index (χ1n) is 5.72. The van der Waals surface area contributed by atoms with Gasteiger partial charge in [-0.1, -0.05) is 6.42 Å². The molecule has 0 spiro atoms. The topological polar surface area (TPSA) is 45.2 Å². The Bertz CT molecular complexity index is 333. The van der Waals surface area contributed by atoms with Crippen molar-refractivity contribution in [3.8, 4) is 0 Å². The smallest absolute Gasteiger partial charge is 0.243 e. The molecule has 2 rings (SSSR count). The predicted octanol–water partition coefficient (Wildman–Crippen LogP) is 1.96. The van der Waals surface area contributed by atoms with Crippen LogP contribution < -0.4 is 5.32 Å². The molecular formula is C11H17N3OS. The fourth-order valence-electron chi connectivity index (χ4n) is 1.97. The van der Waals surface area contributed by atoms with E-state index in [9.17, 15) is 4.79 Å². The van der Waals surface area contributed by atoms with E-state index < -0.39 is 0 Å². The fraction of sp³-hybridized carbons (Fsp3) is 0.636. The van der Waals surface area contributed by atoms with Gasteiger partial charge in [0.15, 0.2) is 5.13 Å². The Hall–Kier alpha value is -0.940. The summed E-state index contributed by atoms with van der Waals surface area (Å²) in [5.74, 6) is 0.0526. The number of nitrogens with one attached hydrogen (secondary N) is 1. The third-order valence-electron chi connectivity index (χ3n) is 2.98. The molecule has 1 amide bonds. The van der Waals surface area contributed by atoms with Crippen molar-refractivity contribution in [1.82, 2.24) is 9.88 Å². The first-order valence-corrected chi connectivity index (χ1v) is 6.60. The van der Waals surface area contributed by atoms with Gasteiger partial charge in [-0.25, -0.2) is 4.98 Å². The molecule has 1 aliphatic rings. The zero-order chi connectivity index (χ0) is 11.4. The second-order valence-electron chi connectivity index (χ2n) is 4.10. The molecule has 0 unspecified atom stereocenters. The van der Waals surface area contributed by atoms with Crippen molar-refractivity contribution in [2.24, 2.45) is 0 Å². The molecule has 1 aromatic heterocycles. The van der Waals surface area contributed by atoms with Crippen molar-refractivity contribution in [1.29, 1.82) is 0 Å². The number of piperidine rings is 1. The lowest BCUT2D eigenvalue weighted by molar-refractivity contribution is -0.121. The van der Waals surface area contributed by atoms with Gasteiger partial charge >= 0.3 is 0 Å². The molecule has 1 N–H and O–H groups in total. The van der Waals surface area contributed by atoms with Crippen LogP contribution in [0.1, 0.15) is 26.2 Å². The van der Waals surface area contributed by atoms with Crippen molar-refractivity contribution in [3.63, 3.8) is 0 Å². The lowest BCUT2D eigenvalue weighted by atomic mass is 10.1. The summed E-state index contributed by atoms with van der Waals surface area (Å²) >= 11 is 1.45. The molecule has 88 valence electrons. The molecule has 4 nitrogen and oxygen atoms in total. The Kier molecular flexibility index (Phi) is 3.90. The van der Waals surface area contributed by atoms with Gasteiger partial charge in [-0.15, -0.1) is 11.3 Å². The molecule has 2 heterocycles. The Morgan fingerprint density at radius 2 is 2.25 bits per heavy atom. The molecule has 0 saturated carbocycles. The molecular weight excluding hydrogens is 222 g/mol. The zero-order valence-electron chi connectivity index (χ0n) is 9.48. The number of rotatable bonds is 3. The predicted molar refractivity (Wildman–Crippen MR) is 65.6 cm³/mol. The first kappa shape index (κ1) is 11.5. The average molecular weight is 239 g/mol. The van der Waals surface area contributed by atoms with E-state index in [4.69, 9.17) is 0 Å². The van der Waals surface area contributed by atoms with Gasteiger partial charge < -0.3 is 5.32 Å². The van der Waals surface area contributed by atoms with Crippen LogP contribution in [0, 0.1) is 0 Å². The number of likely N-dealkylation sites (tertiary alicyclic amines) is 1. The highest BCUT2D eigenvalue weighted by molar-refractivity contribution is 7.13. The van der Waals surface area contributed by atoms with E-state index in [1.807, 2.05) is 12.3 Å². The van der Waals surface area contributed by atoms with Gasteiger partial charge in [-0.2, -0.15) is 0 Å². The van der Waals surface area contributed by atoms with Crippen LogP contribution in [-0.4, -0.2) is 34.9 Å². The SMILES string of the molecule is C[C@@H](C(=O)Nc1nccs1)N1CCCCC1. The van der Waals surface area contributed by atoms with Crippen LogP contribution in [0.3, 0.4) is 0 Å². The lowest BCUT2D eigenvalue weighted by Gasteiger charge is -2.31. The van der Waals surface area contributed by atoms with Crippen LogP contribution in [0.2, 0.25) is 0 Å². The number of carbonyl (C=O) groups excluding carboxylic acids is 1. The fourth-order valence-corrected chi connectivity index (χ4v) is 2.50. The summed E-state index contributed by atoms with van der Waals surface area (Å²) in [4.78, 5) is 18.2. The molecule has 1 aliphatic heterocycles. The minimum atomic E-state index is -0.0517. The van der Waals surface area contributed by atoms with Crippen LogP contribution in [0.5, 0.6) is 0 Å². The van der Waals surface area contributed by atoms with E-state index in [0.29, 0.717) is 5.13 Å². The van der Waals surface area contributed by atoms with E-state index in [1.165, 1.54) is 30.6 Å².